The summed E-state index contributed by atoms with van der Waals surface area (Å²) in [6.07, 6.45) is -5.42. The van der Waals surface area contributed by atoms with Gasteiger partial charge in [-0.1, -0.05) is 29.5 Å². The van der Waals surface area contributed by atoms with Gasteiger partial charge in [0.15, 0.2) is 12.6 Å². The standard InChI is InChI=1S/C21H31N3O11/c25-7-12-14(27)15(28)17(30)21(33-12)35-19-13(8-26)34-20(18(31)16(19)29)32-9-11-6-24(23-22-11)5-10-3-1-2-4-10/h1-4,6,10,12-21,25-31H,5,7-9H2/t12-,13-,14-,15+,16-,17-,18-,19-,20-,21-/m1/s1. The normalized spacial score (nSPS) is 40.0. The molecular formula is C21H31N3O11. The summed E-state index contributed by atoms with van der Waals surface area (Å²) in [5, 5.41) is 78.3. The lowest BCUT2D eigenvalue weighted by molar-refractivity contribution is -0.360. The van der Waals surface area contributed by atoms with Gasteiger partial charge in [-0.05, 0) is 0 Å². The maximum absolute atomic E-state index is 10.6. The van der Waals surface area contributed by atoms with Crippen molar-refractivity contribution in [2.45, 2.75) is 74.6 Å². The van der Waals surface area contributed by atoms with Crippen molar-refractivity contribution in [2.75, 3.05) is 13.2 Å². The van der Waals surface area contributed by atoms with E-state index in [2.05, 4.69) is 10.3 Å². The molecule has 2 fully saturated rings. The van der Waals surface area contributed by atoms with Crippen LogP contribution < -0.4 is 0 Å². The van der Waals surface area contributed by atoms with Crippen LogP contribution in [0.2, 0.25) is 0 Å². The second kappa shape index (κ2) is 11.5. The van der Waals surface area contributed by atoms with Crippen LogP contribution in [0.5, 0.6) is 0 Å². The average Bonchev–Trinajstić information content (AvgIpc) is 3.54. The Hall–Kier alpha value is -1.82. The van der Waals surface area contributed by atoms with Crippen molar-refractivity contribution in [3.63, 3.8) is 0 Å². The van der Waals surface area contributed by atoms with E-state index in [0.29, 0.717) is 12.2 Å². The fourth-order valence-electron chi connectivity index (χ4n) is 4.17. The highest BCUT2D eigenvalue weighted by atomic mass is 16.7. The van der Waals surface area contributed by atoms with Gasteiger partial charge in [0.25, 0.3) is 0 Å². The monoisotopic (exact) mass is 501 g/mol. The molecule has 2 saturated heterocycles. The molecule has 0 radical (unpaired) electrons. The Labute approximate surface area is 200 Å². The van der Waals surface area contributed by atoms with E-state index >= 15 is 0 Å². The van der Waals surface area contributed by atoms with Gasteiger partial charge >= 0.3 is 0 Å². The number of aliphatic hydroxyl groups excluding tert-OH is 7. The number of hydrogen-bond donors (Lipinski definition) is 7. The van der Waals surface area contributed by atoms with Gasteiger partial charge < -0.3 is 54.7 Å². The summed E-state index contributed by atoms with van der Waals surface area (Å²) in [5.74, 6) is 0.218. The van der Waals surface area contributed by atoms with Crippen LogP contribution in [0.15, 0.2) is 30.5 Å². The van der Waals surface area contributed by atoms with E-state index in [1.807, 2.05) is 24.3 Å². The van der Waals surface area contributed by atoms with Crippen LogP contribution in [0.25, 0.3) is 0 Å². The average molecular weight is 501 g/mol. The Morgan fingerprint density at radius 3 is 2.17 bits per heavy atom. The predicted molar refractivity (Wildman–Crippen MR) is 113 cm³/mol. The molecule has 14 nitrogen and oxygen atoms in total. The van der Waals surface area contributed by atoms with Gasteiger partial charge in [0.2, 0.25) is 0 Å². The highest BCUT2D eigenvalue weighted by molar-refractivity contribution is 5.17. The fourth-order valence-corrected chi connectivity index (χ4v) is 4.17. The lowest BCUT2D eigenvalue weighted by atomic mass is 9.97. The van der Waals surface area contributed by atoms with Gasteiger partial charge in [-0.15, -0.1) is 5.10 Å². The molecule has 1 aliphatic carbocycles. The third-order valence-electron chi connectivity index (χ3n) is 6.17. The summed E-state index contributed by atoms with van der Waals surface area (Å²) in [4.78, 5) is 0. The molecule has 0 spiro atoms. The lowest BCUT2D eigenvalue weighted by Gasteiger charge is -2.45. The molecule has 4 rings (SSSR count). The number of hydrogen-bond acceptors (Lipinski definition) is 13. The van der Waals surface area contributed by atoms with E-state index in [-0.39, 0.29) is 12.5 Å². The Morgan fingerprint density at radius 1 is 0.829 bits per heavy atom. The highest BCUT2D eigenvalue weighted by Gasteiger charge is 2.50. The van der Waals surface area contributed by atoms with Crippen LogP contribution in [0.4, 0.5) is 0 Å². The SMILES string of the molecule is OC[C@H]1O[C@H](O[C@H]2[C@H](O)[C@@H](O)[C@H](OCc3cn(CC4C=CC=C4)nn3)O[C@@H]2CO)[C@H](O)[C@@H](O)[C@@H]1O. The van der Waals surface area contributed by atoms with E-state index in [1.54, 1.807) is 10.9 Å². The van der Waals surface area contributed by atoms with Gasteiger partial charge in [0, 0.05) is 5.92 Å². The van der Waals surface area contributed by atoms with Gasteiger partial charge in [-0.2, -0.15) is 0 Å². The van der Waals surface area contributed by atoms with Crippen LogP contribution in [0.3, 0.4) is 0 Å². The maximum atomic E-state index is 10.6. The molecule has 35 heavy (non-hydrogen) atoms. The summed E-state index contributed by atoms with van der Waals surface area (Å²) < 4.78 is 23.6. The van der Waals surface area contributed by atoms with Crippen molar-refractivity contribution in [2.24, 2.45) is 5.92 Å². The van der Waals surface area contributed by atoms with E-state index in [1.165, 1.54) is 0 Å². The van der Waals surface area contributed by atoms with E-state index < -0.39 is 74.6 Å². The Bertz CT molecular complexity index is 866. The van der Waals surface area contributed by atoms with E-state index in [4.69, 9.17) is 18.9 Å². The van der Waals surface area contributed by atoms with Crippen LogP contribution in [0.1, 0.15) is 5.69 Å². The number of nitrogens with zero attached hydrogens (tertiary/aromatic N) is 3. The summed E-state index contributed by atoms with van der Waals surface area (Å²) in [5.41, 5.74) is 0.460. The number of aliphatic hydroxyl groups is 7. The second-order valence-corrected chi connectivity index (χ2v) is 8.68. The molecule has 3 aliphatic rings. The van der Waals surface area contributed by atoms with Gasteiger partial charge in [0.05, 0.1) is 32.6 Å². The number of aromatic nitrogens is 3. The molecule has 10 atom stereocenters. The minimum absolute atomic E-state index is 0.0961. The Morgan fingerprint density at radius 2 is 1.49 bits per heavy atom. The van der Waals surface area contributed by atoms with Crippen molar-refractivity contribution in [3.05, 3.63) is 36.2 Å². The van der Waals surface area contributed by atoms with Gasteiger partial charge in [0.1, 0.15) is 54.5 Å². The Balaban J connectivity index is 1.35. The number of ether oxygens (including phenoxy) is 4. The molecular weight excluding hydrogens is 470 g/mol. The first-order chi connectivity index (χ1) is 16.8. The zero-order valence-electron chi connectivity index (χ0n) is 18.7. The van der Waals surface area contributed by atoms with Gasteiger partial charge in [-0.25, -0.2) is 0 Å². The molecule has 0 amide bonds. The third kappa shape index (κ3) is 5.79. The van der Waals surface area contributed by atoms with Gasteiger partial charge in [-0.3, -0.25) is 4.68 Å². The summed E-state index contributed by atoms with van der Waals surface area (Å²) >= 11 is 0. The van der Waals surface area contributed by atoms with Crippen LogP contribution in [-0.4, -0.2) is 125 Å². The van der Waals surface area contributed by atoms with Crippen LogP contribution in [0, 0.1) is 5.92 Å². The zero-order valence-corrected chi connectivity index (χ0v) is 18.7. The Kier molecular flexibility index (Phi) is 8.62. The summed E-state index contributed by atoms with van der Waals surface area (Å²) in [6, 6.07) is 0. The van der Waals surface area contributed by atoms with Crippen molar-refractivity contribution in [1.29, 1.82) is 0 Å². The molecule has 196 valence electrons. The first kappa shape index (κ1) is 26.2. The molecule has 7 N–H and O–H groups in total. The first-order valence-electron chi connectivity index (χ1n) is 11.3. The predicted octanol–water partition coefficient (Wildman–Crippen LogP) is -3.84. The molecule has 1 aromatic heterocycles. The van der Waals surface area contributed by atoms with E-state index in [9.17, 15) is 35.7 Å². The third-order valence-corrected chi connectivity index (χ3v) is 6.17. The maximum Gasteiger partial charge on any atom is 0.187 e. The minimum atomic E-state index is -1.73. The molecule has 1 aromatic rings. The summed E-state index contributed by atoms with van der Waals surface area (Å²) in [6.45, 7) is -0.814. The second-order valence-electron chi connectivity index (χ2n) is 8.68. The van der Waals surface area contributed by atoms with Crippen molar-refractivity contribution in [3.8, 4) is 0 Å². The number of allylic oxidation sites excluding steroid dienone is 4. The lowest BCUT2D eigenvalue weighted by Crippen LogP contribution is -2.64. The molecule has 0 aromatic carbocycles. The topological polar surface area (TPSA) is 209 Å². The first-order valence-corrected chi connectivity index (χ1v) is 11.3. The fraction of sp³-hybridized carbons (Fsp3) is 0.714. The molecule has 3 heterocycles. The molecule has 0 unspecified atom stereocenters. The van der Waals surface area contributed by atoms with E-state index in [0.717, 1.165) is 0 Å². The highest BCUT2D eigenvalue weighted by Crippen LogP contribution is 2.29. The van der Waals surface area contributed by atoms with Crippen LogP contribution >= 0.6 is 0 Å². The molecule has 0 saturated carbocycles. The van der Waals surface area contributed by atoms with Crippen molar-refractivity contribution in [1.82, 2.24) is 15.0 Å². The van der Waals surface area contributed by atoms with Crippen LogP contribution in [-0.2, 0) is 32.1 Å². The number of rotatable bonds is 9. The quantitative estimate of drug-likeness (QED) is 0.173. The zero-order chi connectivity index (χ0) is 25.1. The summed E-state index contributed by atoms with van der Waals surface area (Å²) in [7, 11) is 0. The molecule has 2 aliphatic heterocycles. The molecule has 14 heteroatoms. The van der Waals surface area contributed by atoms with Crippen molar-refractivity contribution >= 4 is 0 Å². The molecule has 0 bridgehead atoms. The smallest absolute Gasteiger partial charge is 0.187 e. The largest absolute Gasteiger partial charge is 0.394 e. The van der Waals surface area contributed by atoms with Crippen molar-refractivity contribution < 1.29 is 54.7 Å². The minimum Gasteiger partial charge on any atom is -0.394 e.